The molecule has 0 spiro atoms. The SMILES string of the molecule is COc1cccc2cc(-c3cn(C4CN(C(=O)OC(C)(C)C)C4)c4ncnc(N)c34)sc12. The second-order valence-electron chi connectivity index (χ2n) is 8.94. The van der Waals surface area contributed by atoms with Gasteiger partial charge in [-0.2, -0.15) is 0 Å². The number of likely N-dealkylation sites (tertiary alicyclic amines) is 1. The fourth-order valence-corrected chi connectivity index (χ4v) is 5.18. The van der Waals surface area contributed by atoms with Gasteiger partial charge in [-0.05, 0) is 38.3 Å². The summed E-state index contributed by atoms with van der Waals surface area (Å²) in [5.74, 6) is 1.29. The van der Waals surface area contributed by atoms with Gasteiger partial charge in [-0.3, -0.25) is 0 Å². The number of amides is 1. The van der Waals surface area contributed by atoms with Gasteiger partial charge in [0.05, 0.1) is 23.2 Å². The van der Waals surface area contributed by atoms with E-state index in [0.717, 1.165) is 37.3 Å². The average molecular weight is 452 g/mol. The Morgan fingerprint density at radius 3 is 2.75 bits per heavy atom. The highest BCUT2D eigenvalue weighted by molar-refractivity contribution is 7.22. The maximum absolute atomic E-state index is 12.4. The maximum atomic E-state index is 12.4. The Morgan fingerprint density at radius 1 is 1.25 bits per heavy atom. The van der Waals surface area contributed by atoms with E-state index in [-0.39, 0.29) is 12.1 Å². The number of nitrogens with zero attached hydrogens (tertiary/aromatic N) is 4. The Hall–Kier alpha value is -3.33. The second-order valence-corrected chi connectivity index (χ2v) is 9.99. The lowest BCUT2D eigenvalue weighted by molar-refractivity contribution is 0.00152. The Morgan fingerprint density at radius 2 is 2.03 bits per heavy atom. The number of methoxy groups -OCH3 is 1. The number of ether oxygens (including phenoxy) is 2. The third-order valence-corrected chi connectivity index (χ3v) is 6.74. The first-order valence-electron chi connectivity index (χ1n) is 10.4. The van der Waals surface area contributed by atoms with Crippen LogP contribution in [0.2, 0.25) is 0 Å². The van der Waals surface area contributed by atoms with E-state index < -0.39 is 5.60 Å². The third-order valence-electron chi connectivity index (χ3n) is 5.54. The number of anilines is 1. The normalized spacial score (nSPS) is 14.7. The monoisotopic (exact) mass is 451 g/mol. The number of benzene rings is 1. The van der Waals surface area contributed by atoms with E-state index in [4.69, 9.17) is 15.2 Å². The van der Waals surface area contributed by atoms with E-state index in [1.807, 2.05) is 32.9 Å². The molecule has 32 heavy (non-hydrogen) atoms. The molecule has 0 unspecified atom stereocenters. The molecule has 0 radical (unpaired) electrons. The van der Waals surface area contributed by atoms with Crippen LogP contribution in [0, 0.1) is 0 Å². The molecular weight excluding hydrogens is 426 g/mol. The van der Waals surface area contributed by atoms with Gasteiger partial charge >= 0.3 is 6.09 Å². The Balaban J connectivity index is 1.52. The lowest BCUT2D eigenvalue weighted by Crippen LogP contribution is -2.52. The summed E-state index contributed by atoms with van der Waals surface area (Å²) in [4.78, 5) is 23.9. The molecule has 3 aromatic heterocycles. The van der Waals surface area contributed by atoms with Crippen LogP contribution in [-0.4, -0.2) is 51.3 Å². The van der Waals surface area contributed by atoms with Crippen molar-refractivity contribution in [2.24, 2.45) is 0 Å². The molecular formula is C23H25N5O3S. The minimum atomic E-state index is -0.514. The number of hydrogen-bond acceptors (Lipinski definition) is 7. The molecule has 1 aliphatic heterocycles. The lowest BCUT2D eigenvalue weighted by Gasteiger charge is -2.40. The first-order chi connectivity index (χ1) is 15.2. The molecule has 166 valence electrons. The van der Waals surface area contributed by atoms with Crippen LogP contribution in [0.25, 0.3) is 31.6 Å². The van der Waals surface area contributed by atoms with Gasteiger partial charge in [-0.15, -0.1) is 11.3 Å². The number of nitrogens with two attached hydrogens (primary N) is 1. The van der Waals surface area contributed by atoms with Gasteiger partial charge < -0.3 is 24.7 Å². The van der Waals surface area contributed by atoms with Crippen LogP contribution in [0.3, 0.4) is 0 Å². The molecule has 1 amide bonds. The molecule has 4 aromatic rings. The molecule has 9 heteroatoms. The van der Waals surface area contributed by atoms with E-state index in [1.165, 1.54) is 6.33 Å². The van der Waals surface area contributed by atoms with E-state index in [9.17, 15) is 4.79 Å². The van der Waals surface area contributed by atoms with Crippen molar-refractivity contribution < 1.29 is 14.3 Å². The fraction of sp³-hybridized carbons (Fsp3) is 0.348. The summed E-state index contributed by atoms with van der Waals surface area (Å²) in [6.45, 7) is 6.72. The molecule has 4 heterocycles. The van der Waals surface area contributed by atoms with Crippen molar-refractivity contribution >= 4 is 44.4 Å². The number of hydrogen-bond donors (Lipinski definition) is 1. The van der Waals surface area contributed by atoms with Crippen molar-refractivity contribution in [1.82, 2.24) is 19.4 Å². The summed E-state index contributed by atoms with van der Waals surface area (Å²) in [5.41, 5.74) is 7.53. The Kier molecular flexibility index (Phi) is 4.74. The van der Waals surface area contributed by atoms with Crippen LogP contribution in [0.5, 0.6) is 5.75 Å². The van der Waals surface area contributed by atoms with Crippen LogP contribution >= 0.6 is 11.3 Å². The molecule has 0 saturated carbocycles. The first kappa shape index (κ1) is 20.6. The second kappa shape index (κ2) is 7.37. The van der Waals surface area contributed by atoms with Crippen molar-refractivity contribution in [2.45, 2.75) is 32.4 Å². The summed E-state index contributed by atoms with van der Waals surface area (Å²) >= 11 is 1.65. The average Bonchev–Trinajstić information content (AvgIpc) is 3.28. The van der Waals surface area contributed by atoms with Crippen LogP contribution in [-0.2, 0) is 4.74 Å². The molecule has 1 saturated heterocycles. The number of thiophene rings is 1. The van der Waals surface area contributed by atoms with Gasteiger partial charge in [0.15, 0.2) is 0 Å². The summed E-state index contributed by atoms with van der Waals surface area (Å²) in [5, 5.41) is 1.94. The topological polar surface area (TPSA) is 95.5 Å². The van der Waals surface area contributed by atoms with Crippen molar-refractivity contribution in [2.75, 3.05) is 25.9 Å². The summed E-state index contributed by atoms with van der Waals surface area (Å²) in [6.07, 6.45) is 3.26. The van der Waals surface area contributed by atoms with Gasteiger partial charge in [0.1, 0.15) is 29.1 Å². The molecule has 5 rings (SSSR count). The standard InChI is InChI=1S/C23H25N5O3S/c1-23(2,3)31-22(29)27-9-14(10-27)28-11-15(18-20(24)25-12-26-21(18)28)17-8-13-6-5-7-16(30-4)19(13)32-17/h5-8,11-12,14H,9-10H2,1-4H3,(H2,24,25,26). The summed E-state index contributed by atoms with van der Waals surface area (Å²) in [7, 11) is 1.68. The van der Waals surface area contributed by atoms with Crippen molar-refractivity contribution in [3.05, 3.63) is 36.8 Å². The number of nitrogen functional groups attached to an aromatic ring is 1. The van der Waals surface area contributed by atoms with E-state index >= 15 is 0 Å². The minimum Gasteiger partial charge on any atom is -0.495 e. The van der Waals surface area contributed by atoms with Gasteiger partial charge in [-0.25, -0.2) is 14.8 Å². The number of aromatic nitrogens is 3. The minimum absolute atomic E-state index is 0.0944. The van der Waals surface area contributed by atoms with Crippen LogP contribution in [0.4, 0.5) is 10.6 Å². The molecule has 0 aliphatic carbocycles. The predicted octanol–water partition coefficient (Wildman–Crippen LogP) is 4.70. The number of rotatable bonds is 3. The van der Waals surface area contributed by atoms with Crippen molar-refractivity contribution in [3.8, 4) is 16.2 Å². The molecule has 1 aliphatic rings. The largest absolute Gasteiger partial charge is 0.495 e. The van der Waals surface area contributed by atoms with Crippen LogP contribution in [0.15, 0.2) is 36.8 Å². The zero-order valence-electron chi connectivity index (χ0n) is 18.5. The molecule has 0 bridgehead atoms. The highest BCUT2D eigenvalue weighted by Crippen LogP contribution is 2.43. The summed E-state index contributed by atoms with van der Waals surface area (Å²) in [6, 6.07) is 8.25. The molecule has 8 nitrogen and oxygen atoms in total. The maximum Gasteiger partial charge on any atom is 0.410 e. The quantitative estimate of drug-likeness (QED) is 0.485. The molecule has 0 atom stereocenters. The van der Waals surface area contributed by atoms with Crippen LogP contribution in [0.1, 0.15) is 26.8 Å². The molecule has 1 fully saturated rings. The zero-order valence-corrected chi connectivity index (χ0v) is 19.3. The Bertz CT molecular complexity index is 1330. The Labute approximate surface area is 189 Å². The number of carbonyl (C=O) groups is 1. The number of carbonyl (C=O) groups excluding carboxylic acids is 1. The highest BCUT2D eigenvalue weighted by Gasteiger charge is 2.36. The van der Waals surface area contributed by atoms with Crippen molar-refractivity contribution in [1.29, 1.82) is 0 Å². The molecule has 2 N–H and O–H groups in total. The molecule has 1 aromatic carbocycles. The van der Waals surface area contributed by atoms with Gasteiger partial charge in [-0.1, -0.05) is 12.1 Å². The lowest BCUT2D eigenvalue weighted by atomic mass is 10.1. The van der Waals surface area contributed by atoms with Gasteiger partial charge in [0.25, 0.3) is 0 Å². The van der Waals surface area contributed by atoms with Gasteiger partial charge in [0, 0.05) is 29.7 Å². The van der Waals surface area contributed by atoms with Gasteiger partial charge in [0.2, 0.25) is 0 Å². The third kappa shape index (κ3) is 3.42. The predicted molar refractivity (Wildman–Crippen MR) is 126 cm³/mol. The smallest absolute Gasteiger partial charge is 0.410 e. The van der Waals surface area contributed by atoms with E-state index in [0.29, 0.717) is 18.9 Å². The number of fused-ring (bicyclic) bond motifs is 2. The first-order valence-corrected chi connectivity index (χ1v) is 11.2. The van der Waals surface area contributed by atoms with E-state index in [1.54, 1.807) is 23.3 Å². The summed E-state index contributed by atoms with van der Waals surface area (Å²) < 4.78 is 14.2. The fourth-order valence-electron chi connectivity index (χ4n) is 4.01. The van der Waals surface area contributed by atoms with E-state index in [2.05, 4.69) is 32.9 Å². The zero-order chi connectivity index (χ0) is 22.6. The highest BCUT2D eigenvalue weighted by atomic mass is 32.1. The van der Waals surface area contributed by atoms with Crippen LogP contribution < -0.4 is 10.5 Å². The van der Waals surface area contributed by atoms with Crippen molar-refractivity contribution in [3.63, 3.8) is 0 Å².